The van der Waals surface area contributed by atoms with Crippen LogP contribution in [0.4, 0.5) is 4.39 Å². The van der Waals surface area contributed by atoms with E-state index in [0.717, 1.165) is 10.2 Å². The van der Waals surface area contributed by atoms with E-state index in [9.17, 15) is 19.1 Å². The summed E-state index contributed by atoms with van der Waals surface area (Å²) in [7, 11) is 0. The number of nitrogens with zero attached hydrogens (tertiary/aromatic N) is 2. The van der Waals surface area contributed by atoms with Gasteiger partial charge in [-0.05, 0) is 60.9 Å². The summed E-state index contributed by atoms with van der Waals surface area (Å²) in [6, 6.07) is 12.7. The molecule has 0 unspecified atom stereocenters. The maximum Gasteiger partial charge on any atom is 0.341 e. The van der Waals surface area contributed by atoms with Crippen LogP contribution in [-0.2, 0) is 13.0 Å². The molecule has 0 saturated heterocycles. The fourth-order valence-corrected chi connectivity index (χ4v) is 2.80. The van der Waals surface area contributed by atoms with Crippen molar-refractivity contribution in [3.63, 3.8) is 0 Å². The SMILES string of the molecule is Cc1cc(-c2cc(C(=O)O)c(=O)n(CCc3ccc(Cl)cc3)n2)ccc1F. The van der Waals surface area contributed by atoms with Crippen LogP contribution in [0.3, 0.4) is 0 Å². The lowest BCUT2D eigenvalue weighted by atomic mass is 10.1. The van der Waals surface area contributed by atoms with Gasteiger partial charge in [0, 0.05) is 17.1 Å². The second-order valence-corrected chi connectivity index (χ2v) is 6.55. The molecule has 7 heteroatoms. The third-order valence-corrected chi connectivity index (χ3v) is 4.44. The predicted octanol–water partition coefficient (Wildman–Crippen LogP) is 3.95. The lowest BCUT2D eigenvalue weighted by Gasteiger charge is -2.10. The minimum Gasteiger partial charge on any atom is -0.477 e. The Morgan fingerprint density at radius 1 is 1.19 bits per heavy atom. The van der Waals surface area contributed by atoms with E-state index in [4.69, 9.17) is 11.6 Å². The summed E-state index contributed by atoms with van der Waals surface area (Å²) in [5, 5.41) is 14.2. The summed E-state index contributed by atoms with van der Waals surface area (Å²) in [6.45, 7) is 1.81. The predicted molar refractivity (Wildman–Crippen MR) is 101 cm³/mol. The Labute approximate surface area is 159 Å². The lowest BCUT2D eigenvalue weighted by Crippen LogP contribution is -2.29. The molecule has 0 amide bonds. The van der Waals surface area contributed by atoms with E-state index in [2.05, 4.69) is 5.10 Å². The number of rotatable bonds is 5. The molecule has 0 radical (unpaired) electrons. The highest BCUT2D eigenvalue weighted by Gasteiger charge is 2.16. The van der Waals surface area contributed by atoms with E-state index in [1.165, 1.54) is 18.2 Å². The molecular weight excluding hydrogens is 371 g/mol. The molecule has 1 heterocycles. The molecule has 0 atom stereocenters. The zero-order chi connectivity index (χ0) is 19.6. The van der Waals surface area contributed by atoms with E-state index in [-0.39, 0.29) is 17.9 Å². The molecule has 0 aliphatic heterocycles. The van der Waals surface area contributed by atoms with Gasteiger partial charge in [0.2, 0.25) is 0 Å². The van der Waals surface area contributed by atoms with Crippen LogP contribution in [0.1, 0.15) is 21.5 Å². The first-order valence-corrected chi connectivity index (χ1v) is 8.59. The van der Waals surface area contributed by atoms with Gasteiger partial charge in [0.05, 0.1) is 5.69 Å². The Bertz CT molecular complexity index is 1060. The molecule has 5 nitrogen and oxygen atoms in total. The summed E-state index contributed by atoms with van der Waals surface area (Å²) in [4.78, 5) is 23.9. The smallest absolute Gasteiger partial charge is 0.341 e. The Hall–Kier alpha value is -2.99. The van der Waals surface area contributed by atoms with Crippen LogP contribution in [-0.4, -0.2) is 20.9 Å². The quantitative estimate of drug-likeness (QED) is 0.720. The van der Waals surface area contributed by atoms with Crippen LogP contribution in [0.25, 0.3) is 11.3 Å². The second kappa shape index (κ2) is 7.72. The Balaban J connectivity index is 2.00. The Morgan fingerprint density at radius 2 is 1.89 bits per heavy atom. The summed E-state index contributed by atoms with van der Waals surface area (Å²) in [6.07, 6.45) is 0.481. The fourth-order valence-electron chi connectivity index (χ4n) is 2.68. The average molecular weight is 387 g/mol. The van der Waals surface area contributed by atoms with Crippen LogP contribution < -0.4 is 5.56 Å². The standard InChI is InChI=1S/C20H16ClFN2O3/c1-12-10-14(4-7-17(12)22)18-11-16(20(26)27)19(25)24(23-18)9-8-13-2-5-15(21)6-3-13/h2-7,10-11H,8-9H2,1H3,(H,26,27). The molecule has 27 heavy (non-hydrogen) atoms. The maximum atomic E-state index is 13.5. The molecule has 0 aliphatic carbocycles. The minimum absolute atomic E-state index is 0.203. The molecule has 1 aromatic heterocycles. The van der Waals surface area contributed by atoms with E-state index >= 15 is 0 Å². The second-order valence-electron chi connectivity index (χ2n) is 6.12. The molecule has 0 spiro atoms. The molecule has 3 rings (SSSR count). The van der Waals surface area contributed by atoms with Crippen molar-refractivity contribution in [2.75, 3.05) is 0 Å². The van der Waals surface area contributed by atoms with Crippen molar-refractivity contribution in [1.29, 1.82) is 0 Å². The molecule has 2 aromatic carbocycles. The monoisotopic (exact) mass is 386 g/mol. The van der Waals surface area contributed by atoms with Gasteiger partial charge in [-0.3, -0.25) is 4.79 Å². The van der Waals surface area contributed by atoms with Crippen LogP contribution in [0.5, 0.6) is 0 Å². The van der Waals surface area contributed by atoms with Gasteiger partial charge in [-0.25, -0.2) is 13.9 Å². The van der Waals surface area contributed by atoms with Crippen molar-refractivity contribution in [3.05, 3.63) is 86.4 Å². The molecule has 0 bridgehead atoms. The summed E-state index contributed by atoms with van der Waals surface area (Å²) >= 11 is 5.86. The first kappa shape index (κ1) is 18.8. The number of halogens is 2. The van der Waals surface area contributed by atoms with Crippen LogP contribution in [0.2, 0.25) is 5.02 Å². The fraction of sp³-hybridized carbons (Fsp3) is 0.150. The van der Waals surface area contributed by atoms with E-state index in [0.29, 0.717) is 28.3 Å². The lowest BCUT2D eigenvalue weighted by molar-refractivity contribution is 0.0693. The highest BCUT2D eigenvalue weighted by Crippen LogP contribution is 2.20. The average Bonchev–Trinajstić information content (AvgIpc) is 2.64. The summed E-state index contributed by atoms with van der Waals surface area (Å²) in [5.74, 6) is -1.70. The number of aromatic nitrogens is 2. The normalized spacial score (nSPS) is 10.8. The molecule has 1 N–H and O–H groups in total. The number of benzene rings is 2. The van der Waals surface area contributed by atoms with Crippen LogP contribution in [0, 0.1) is 12.7 Å². The summed E-state index contributed by atoms with van der Waals surface area (Å²) in [5.41, 5.74) is 1.12. The molecule has 0 aliphatic rings. The number of carbonyl (C=O) groups is 1. The van der Waals surface area contributed by atoms with E-state index in [1.54, 1.807) is 25.1 Å². The number of aryl methyl sites for hydroxylation is 3. The van der Waals surface area contributed by atoms with Gasteiger partial charge in [0.1, 0.15) is 11.4 Å². The van der Waals surface area contributed by atoms with Crippen molar-refractivity contribution in [2.45, 2.75) is 19.9 Å². The Kier molecular flexibility index (Phi) is 5.37. The zero-order valence-electron chi connectivity index (χ0n) is 14.4. The number of carboxylic acids is 1. The van der Waals surface area contributed by atoms with Gasteiger partial charge in [0.25, 0.3) is 5.56 Å². The van der Waals surface area contributed by atoms with Gasteiger partial charge < -0.3 is 5.11 Å². The minimum atomic E-state index is -1.33. The largest absolute Gasteiger partial charge is 0.477 e. The van der Waals surface area contributed by atoms with Gasteiger partial charge in [0.15, 0.2) is 0 Å². The highest BCUT2D eigenvalue weighted by atomic mass is 35.5. The molecule has 138 valence electrons. The summed E-state index contributed by atoms with van der Waals surface area (Å²) < 4.78 is 14.7. The topological polar surface area (TPSA) is 72.2 Å². The van der Waals surface area contributed by atoms with Crippen LogP contribution in [0.15, 0.2) is 53.3 Å². The maximum absolute atomic E-state index is 13.5. The third kappa shape index (κ3) is 4.23. The van der Waals surface area contributed by atoms with Gasteiger partial charge >= 0.3 is 5.97 Å². The molecule has 0 saturated carbocycles. The van der Waals surface area contributed by atoms with E-state index in [1.807, 2.05) is 12.1 Å². The van der Waals surface area contributed by atoms with E-state index < -0.39 is 11.5 Å². The number of aromatic carboxylic acids is 1. The molecule has 0 fully saturated rings. The van der Waals surface area contributed by atoms with Crippen molar-refractivity contribution < 1.29 is 14.3 Å². The van der Waals surface area contributed by atoms with Crippen LogP contribution >= 0.6 is 11.6 Å². The van der Waals surface area contributed by atoms with Crippen molar-refractivity contribution in [3.8, 4) is 11.3 Å². The number of carboxylic acid groups (broad SMARTS) is 1. The first-order valence-electron chi connectivity index (χ1n) is 8.21. The number of hydrogen-bond acceptors (Lipinski definition) is 3. The van der Waals surface area contributed by atoms with Crippen molar-refractivity contribution in [2.24, 2.45) is 0 Å². The molecule has 3 aromatic rings. The van der Waals surface area contributed by atoms with Crippen molar-refractivity contribution >= 4 is 17.6 Å². The Morgan fingerprint density at radius 3 is 2.52 bits per heavy atom. The molecular formula is C20H16ClFN2O3. The van der Waals surface area contributed by atoms with Gasteiger partial charge in [-0.1, -0.05) is 23.7 Å². The van der Waals surface area contributed by atoms with Gasteiger partial charge in [-0.2, -0.15) is 5.10 Å². The third-order valence-electron chi connectivity index (χ3n) is 4.18. The van der Waals surface area contributed by atoms with Crippen molar-refractivity contribution in [1.82, 2.24) is 9.78 Å². The highest BCUT2D eigenvalue weighted by molar-refractivity contribution is 6.30. The zero-order valence-corrected chi connectivity index (χ0v) is 15.2. The first-order chi connectivity index (χ1) is 12.8. The van der Waals surface area contributed by atoms with Gasteiger partial charge in [-0.15, -0.1) is 0 Å². The number of hydrogen-bond donors (Lipinski definition) is 1.